The van der Waals surface area contributed by atoms with E-state index in [-0.39, 0.29) is 30.5 Å². The molecule has 2 amide bonds. The number of halogens is 1. The monoisotopic (exact) mass is 420 g/mol. The van der Waals surface area contributed by atoms with E-state index in [2.05, 4.69) is 10.6 Å². The number of carbonyl (C=O) groups is 3. The third kappa shape index (κ3) is 4.40. The summed E-state index contributed by atoms with van der Waals surface area (Å²) in [4.78, 5) is 37.3. The Labute approximate surface area is 174 Å². The highest BCUT2D eigenvalue weighted by molar-refractivity contribution is 6.30. The Hall–Kier alpha value is -2.54. The highest BCUT2D eigenvalue weighted by Gasteiger charge is 2.44. The van der Waals surface area contributed by atoms with E-state index < -0.39 is 23.5 Å². The van der Waals surface area contributed by atoms with Crippen LogP contribution in [0, 0.1) is 0 Å². The fraction of sp³-hybridized carbons (Fsp3) is 0.476. The highest BCUT2D eigenvalue weighted by atomic mass is 35.5. The van der Waals surface area contributed by atoms with Crippen molar-refractivity contribution < 1.29 is 23.9 Å². The van der Waals surface area contributed by atoms with E-state index in [0.717, 1.165) is 18.4 Å². The van der Waals surface area contributed by atoms with Crippen LogP contribution in [0.15, 0.2) is 35.5 Å². The van der Waals surface area contributed by atoms with Gasteiger partial charge in [-0.05, 0) is 44.4 Å². The molecule has 8 heteroatoms. The van der Waals surface area contributed by atoms with Crippen LogP contribution in [0.5, 0.6) is 0 Å². The summed E-state index contributed by atoms with van der Waals surface area (Å²) in [5, 5.41) is 5.80. The van der Waals surface area contributed by atoms with Crippen LogP contribution in [-0.2, 0) is 24.5 Å². The second-order valence-corrected chi connectivity index (χ2v) is 7.74. The van der Waals surface area contributed by atoms with Crippen molar-refractivity contribution in [2.24, 2.45) is 0 Å². The summed E-state index contributed by atoms with van der Waals surface area (Å²) < 4.78 is 10.7. The quantitative estimate of drug-likeness (QED) is 0.689. The Bertz CT molecular complexity index is 828. The van der Waals surface area contributed by atoms with Gasteiger partial charge in [-0.25, -0.2) is 9.59 Å². The fourth-order valence-electron chi connectivity index (χ4n) is 4.03. The first-order valence-electron chi connectivity index (χ1n) is 9.78. The molecule has 2 N–H and O–H groups in total. The minimum Gasteiger partial charge on any atom is -0.463 e. The van der Waals surface area contributed by atoms with Gasteiger partial charge in [-0.3, -0.25) is 4.79 Å². The molecule has 1 aliphatic heterocycles. The molecule has 1 aromatic rings. The van der Waals surface area contributed by atoms with Gasteiger partial charge in [0.15, 0.2) is 0 Å². The molecule has 1 atom stereocenters. The van der Waals surface area contributed by atoms with E-state index in [1.807, 2.05) is 12.1 Å². The minimum absolute atomic E-state index is 0.204. The van der Waals surface area contributed by atoms with Crippen LogP contribution >= 0.6 is 11.6 Å². The number of carbonyl (C=O) groups excluding carboxylic acids is 3. The number of hydrogen-bond acceptors (Lipinski definition) is 5. The number of ether oxygens (including phenoxy) is 2. The topological polar surface area (TPSA) is 93.7 Å². The predicted molar refractivity (Wildman–Crippen MR) is 107 cm³/mol. The maximum Gasteiger partial charge on any atom is 0.338 e. The van der Waals surface area contributed by atoms with Gasteiger partial charge >= 0.3 is 18.0 Å². The average Bonchev–Trinajstić information content (AvgIpc) is 3.17. The third-order valence-corrected chi connectivity index (χ3v) is 5.71. The van der Waals surface area contributed by atoms with Gasteiger partial charge in [0.05, 0.1) is 29.3 Å². The Kier molecular flexibility index (Phi) is 6.47. The number of esters is 2. The van der Waals surface area contributed by atoms with Crippen LogP contribution in [-0.4, -0.2) is 37.2 Å². The summed E-state index contributed by atoms with van der Waals surface area (Å²) in [5.41, 5.74) is 0.632. The first-order chi connectivity index (χ1) is 13.9. The predicted octanol–water partition coefficient (Wildman–Crippen LogP) is 3.21. The first kappa shape index (κ1) is 21.2. The van der Waals surface area contributed by atoms with Gasteiger partial charge in [0.1, 0.15) is 6.61 Å². The molecule has 1 saturated carbocycles. The molecule has 1 aliphatic carbocycles. The van der Waals surface area contributed by atoms with E-state index in [0.29, 0.717) is 17.9 Å². The van der Waals surface area contributed by atoms with Gasteiger partial charge in [-0.2, -0.15) is 0 Å². The number of rotatable bonds is 6. The third-order valence-electron chi connectivity index (χ3n) is 5.46. The van der Waals surface area contributed by atoms with Crippen molar-refractivity contribution in [2.45, 2.75) is 51.0 Å². The van der Waals surface area contributed by atoms with Crippen molar-refractivity contribution in [2.75, 3.05) is 13.2 Å². The molecule has 0 saturated heterocycles. The lowest BCUT2D eigenvalue weighted by molar-refractivity contribution is -0.150. The van der Waals surface area contributed by atoms with Crippen molar-refractivity contribution in [1.82, 2.24) is 10.6 Å². The molecule has 2 aliphatic rings. The summed E-state index contributed by atoms with van der Waals surface area (Å²) in [5.74, 6) is -0.916. The minimum atomic E-state index is -0.738. The van der Waals surface area contributed by atoms with Crippen molar-refractivity contribution in [3.05, 3.63) is 46.1 Å². The lowest BCUT2D eigenvalue weighted by atomic mass is 9.79. The van der Waals surface area contributed by atoms with Crippen LogP contribution in [0.1, 0.15) is 45.1 Å². The fourth-order valence-corrected chi connectivity index (χ4v) is 4.15. The van der Waals surface area contributed by atoms with Crippen LogP contribution in [0.2, 0.25) is 5.02 Å². The average molecular weight is 421 g/mol. The summed E-state index contributed by atoms with van der Waals surface area (Å²) in [6, 6.07) is 6.23. The van der Waals surface area contributed by atoms with E-state index >= 15 is 0 Å². The molecule has 0 spiro atoms. The van der Waals surface area contributed by atoms with Crippen LogP contribution < -0.4 is 10.6 Å². The molecule has 3 rings (SSSR count). The lowest BCUT2D eigenvalue weighted by Gasteiger charge is -2.29. The molecule has 29 heavy (non-hydrogen) atoms. The maximum absolute atomic E-state index is 13.1. The van der Waals surface area contributed by atoms with Crippen molar-refractivity contribution >= 4 is 29.6 Å². The molecule has 7 nitrogen and oxygen atoms in total. The van der Waals surface area contributed by atoms with Crippen molar-refractivity contribution in [1.29, 1.82) is 0 Å². The second kappa shape index (κ2) is 8.86. The van der Waals surface area contributed by atoms with Crippen LogP contribution in [0.3, 0.4) is 0 Å². The van der Waals surface area contributed by atoms with E-state index in [1.165, 1.54) is 0 Å². The molecule has 0 aromatic heterocycles. The number of urea groups is 1. The molecule has 0 unspecified atom stereocenters. The smallest absolute Gasteiger partial charge is 0.338 e. The van der Waals surface area contributed by atoms with Crippen molar-refractivity contribution in [3.8, 4) is 0 Å². The number of amides is 2. The van der Waals surface area contributed by atoms with Gasteiger partial charge in [0, 0.05) is 5.02 Å². The SMILES string of the molecule is CCOC(=O)C1=C(COC(=O)C2(c3ccc(Cl)cc3)CCCC2)NC(=O)N[C@@H]1C. The summed E-state index contributed by atoms with van der Waals surface area (Å²) in [6.45, 7) is 3.38. The molecule has 0 bridgehead atoms. The Morgan fingerprint density at radius 1 is 1.17 bits per heavy atom. The number of benzene rings is 1. The molecule has 0 radical (unpaired) electrons. The normalized spacial score (nSPS) is 20.7. The molecule has 1 fully saturated rings. The summed E-state index contributed by atoms with van der Waals surface area (Å²) in [6.07, 6.45) is 3.21. The van der Waals surface area contributed by atoms with Gasteiger partial charge in [0.2, 0.25) is 0 Å². The Morgan fingerprint density at radius 3 is 2.45 bits per heavy atom. The maximum atomic E-state index is 13.1. The second-order valence-electron chi connectivity index (χ2n) is 7.31. The lowest BCUT2D eigenvalue weighted by Crippen LogP contribution is -2.50. The molecule has 1 aromatic carbocycles. The first-order valence-corrected chi connectivity index (χ1v) is 10.2. The molecule has 156 valence electrons. The van der Waals surface area contributed by atoms with Gasteiger partial charge < -0.3 is 20.1 Å². The Balaban J connectivity index is 1.82. The number of nitrogens with one attached hydrogen (secondary N) is 2. The zero-order chi connectivity index (χ0) is 21.0. The van der Waals surface area contributed by atoms with Gasteiger partial charge in [-0.15, -0.1) is 0 Å². The van der Waals surface area contributed by atoms with E-state index in [4.69, 9.17) is 21.1 Å². The largest absolute Gasteiger partial charge is 0.463 e. The zero-order valence-electron chi connectivity index (χ0n) is 16.5. The van der Waals surface area contributed by atoms with E-state index in [1.54, 1.807) is 26.0 Å². The van der Waals surface area contributed by atoms with Crippen LogP contribution in [0.4, 0.5) is 4.79 Å². The summed E-state index contributed by atoms with van der Waals surface area (Å²) >= 11 is 5.99. The van der Waals surface area contributed by atoms with Crippen LogP contribution in [0.25, 0.3) is 0 Å². The van der Waals surface area contributed by atoms with E-state index in [9.17, 15) is 14.4 Å². The van der Waals surface area contributed by atoms with Gasteiger partial charge in [-0.1, -0.05) is 36.6 Å². The Morgan fingerprint density at radius 2 is 1.83 bits per heavy atom. The van der Waals surface area contributed by atoms with Crippen molar-refractivity contribution in [3.63, 3.8) is 0 Å². The highest BCUT2D eigenvalue weighted by Crippen LogP contribution is 2.42. The molecular formula is C21H25ClN2O5. The zero-order valence-corrected chi connectivity index (χ0v) is 17.3. The summed E-state index contributed by atoms with van der Waals surface area (Å²) in [7, 11) is 0. The standard InChI is InChI=1S/C21H25ClN2O5/c1-3-28-18(25)17-13(2)23-20(27)24-16(17)12-29-19(26)21(10-4-5-11-21)14-6-8-15(22)9-7-14/h6-9,13H,3-5,10-12H2,1-2H3,(H2,23,24,27)/t13-/m1/s1. The molecular weight excluding hydrogens is 396 g/mol. The molecule has 1 heterocycles. The number of hydrogen-bond donors (Lipinski definition) is 2. The van der Waals surface area contributed by atoms with Gasteiger partial charge in [0.25, 0.3) is 0 Å².